The highest BCUT2D eigenvalue weighted by atomic mass is 79.9. The van der Waals surface area contributed by atoms with Gasteiger partial charge in [0.25, 0.3) is 11.6 Å². The van der Waals surface area contributed by atoms with Crippen LogP contribution in [0.25, 0.3) is 10.9 Å². The number of amides is 1. The van der Waals surface area contributed by atoms with Crippen LogP contribution < -0.4 is 5.32 Å². The molecule has 0 atom stereocenters. The highest BCUT2D eigenvalue weighted by molar-refractivity contribution is 9.10. The standard InChI is InChI=1S/C18H14BrN3O5/c1-10-2-4-15(16(6-10)22(25)26)21-17(23)9-27-18(24)13-8-20-14-5-3-11(19)7-12(13)14/h2-8,20H,9H2,1H3,(H,21,23). The maximum atomic E-state index is 12.3. The van der Waals surface area contributed by atoms with Gasteiger partial charge in [0.2, 0.25) is 0 Å². The number of fused-ring (bicyclic) bond motifs is 1. The molecule has 2 N–H and O–H groups in total. The van der Waals surface area contributed by atoms with Gasteiger partial charge in [-0.2, -0.15) is 0 Å². The number of H-pyrrole nitrogens is 1. The van der Waals surface area contributed by atoms with Gasteiger partial charge in [0.1, 0.15) is 5.69 Å². The Morgan fingerprint density at radius 3 is 2.78 bits per heavy atom. The molecule has 0 saturated heterocycles. The number of rotatable bonds is 5. The number of aryl methyl sites for hydroxylation is 1. The zero-order chi connectivity index (χ0) is 19.6. The summed E-state index contributed by atoms with van der Waals surface area (Å²) >= 11 is 3.34. The van der Waals surface area contributed by atoms with E-state index >= 15 is 0 Å². The van der Waals surface area contributed by atoms with Gasteiger partial charge in [0.15, 0.2) is 6.61 Å². The van der Waals surface area contributed by atoms with Gasteiger partial charge in [0.05, 0.1) is 10.5 Å². The van der Waals surface area contributed by atoms with Gasteiger partial charge in [-0.1, -0.05) is 22.0 Å². The van der Waals surface area contributed by atoms with Gasteiger partial charge in [-0.05, 0) is 36.8 Å². The van der Waals surface area contributed by atoms with Crippen molar-refractivity contribution in [3.8, 4) is 0 Å². The highest BCUT2D eigenvalue weighted by Gasteiger charge is 2.18. The Morgan fingerprint density at radius 2 is 2.04 bits per heavy atom. The number of hydrogen-bond donors (Lipinski definition) is 2. The van der Waals surface area contributed by atoms with Crippen LogP contribution in [0.5, 0.6) is 0 Å². The minimum Gasteiger partial charge on any atom is -0.452 e. The summed E-state index contributed by atoms with van der Waals surface area (Å²) in [6.45, 7) is 1.14. The number of hydrogen-bond acceptors (Lipinski definition) is 5. The van der Waals surface area contributed by atoms with Gasteiger partial charge in [-0.25, -0.2) is 4.79 Å². The number of nitro groups is 1. The summed E-state index contributed by atoms with van der Waals surface area (Å²) < 4.78 is 5.84. The summed E-state index contributed by atoms with van der Waals surface area (Å²) in [6, 6.07) is 9.82. The molecule has 1 heterocycles. The molecule has 0 spiro atoms. The number of carbonyl (C=O) groups excluding carboxylic acids is 2. The molecule has 3 rings (SSSR count). The van der Waals surface area contributed by atoms with Crippen molar-refractivity contribution in [3.05, 3.63) is 68.3 Å². The molecular formula is C18H14BrN3O5. The van der Waals surface area contributed by atoms with E-state index in [0.717, 1.165) is 9.99 Å². The lowest BCUT2D eigenvalue weighted by molar-refractivity contribution is -0.384. The van der Waals surface area contributed by atoms with Crippen LogP contribution in [0.3, 0.4) is 0 Å². The number of benzene rings is 2. The number of anilines is 1. The Balaban J connectivity index is 1.68. The quantitative estimate of drug-likeness (QED) is 0.360. The first-order valence-electron chi connectivity index (χ1n) is 7.84. The molecule has 27 heavy (non-hydrogen) atoms. The number of nitrogens with one attached hydrogen (secondary N) is 2. The maximum Gasteiger partial charge on any atom is 0.340 e. The van der Waals surface area contributed by atoms with Crippen molar-refractivity contribution in [2.75, 3.05) is 11.9 Å². The molecule has 0 aliphatic carbocycles. The number of nitrogens with zero attached hydrogens (tertiary/aromatic N) is 1. The minimum absolute atomic E-state index is 0.0441. The Bertz CT molecular complexity index is 1060. The molecule has 1 amide bonds. The van der Waals surface area contributed by atoms with E-state index < -0.39 is 23.4 Å². The van der Waals surface area contributed by atoms with Crippen LogP contribution in [-0.2, 0) is 9.53 Å². The first-order chi connectivity index (χ1) is 12.8. The van der Waals surface area contributed by atoms with Crippen molar-refractivity contribution >= 4 is 50.1 Å². The number of esters is 1. The molecule has 0 radical (unpaired) electrons. The van der Waals surface area contributed by atoms with Crippen molar-refractivity contribution in [1.82, 2.24) is 4.98 Å². The van der Waals surface area contributed by atoms with E-state index in [1.807, 2.05) is 6.07 Å². The maximum absolute atomic E-state index is 12.3. The molecule has 8 nitrogen and oxygen atoms in total. The van der Waals surface area contributed by atoms with E-state index in [1.54, 1.807) is 25.1 Å². The van der Waals surface area contributed by atoms with Crippen LogP contribution >= 0.6 is 15.9 Å². The second-order valence-corrected chi connectivity index (χ2v) is 6.71. The molecular weight excluding hydrogens is 418 g/mol. The van der Waals surface area contributed by atoms with Gasteiger partial charge >= 0.3 is 5.97 Å². The minimum atomic E-state index is -0.673. The summed E-state index contributed by atoms with van der Waals surface area (Å²) in [5, 5.41) is 14.1. The molecule has 2 aromatic carbocycles. The van der Waals surface area contributed by atoms with Crippen LogP contribution in [-0.4, -0.2) is 28.4 Å². The number of carbonyl (C=O) groups is 2. The Labute approximate surface area is 161 Å². The van der Waals surface area contributed by atoms with Crippen molar-refractivity contribution in [2.45, 2.75) is 6.92 Å². The van der Waals surface area contributed by atoms with Crippen LogP contribution in [0.15, 0.2) is 47.1 Å². The zero-order valence-electron chi connectivity index (χ0n) is 14.1. The SMILES string of the molecule is Cc1ccc(NC(=O)COC(=O)c2c[nH]c3ccc(Br)cc23)c([N+](=O)[O-])c1. The highest BCUT2D eigenvalue weighted by Crippen LogP contribution is 2.25. The van der Waals surface area contributed by atoms with Crippen LogP contribution in [0.1, 0.15) is 15.9 Å². The molecule has 138 valence electrons. The smallest absolute Gasteiger partial charge is 0.340 e. The van der Waals surface area contributed by atoms with E-state index in [1.165, 1.54) is 18.3 Å². The van der Waals surface area contributed by atoms with E-state index in [2.05, 4.69) is 26.2 Å². The summed E-state index contributed by atoms with van der Waals surface area (Å²) in [5.74, 6) is -1.34. The monoisotopic (exact) mass is 431 g/mol. The lowest BCUT2D eigenvalue weighted by Gasteiger charge is -2.07. The average molecular weight is 432 g/mol. The number of ether oxygens (including phenoxy) is 1. The Morgan fingerprint density at radius 1 is 1.26 bits per heavy atom. The summed E-state index contributed by atoms with van der Waals surface area (Å²) in [7, 11) is 0. The third kappa shape index (κ3) is 4.14. The molecule has 0 bridgehead atoms. The van der Waals surface area contributed by atoms with Crippen LogP contribution in [0.2, 0.25) is 0 Å². The summed E-state index contributed by atoms with van der Waals surface area (Å²) in [5.41, 5.74) is 1.56. The van der Waals surface area contributed by atoms with Gasteiger partial charge in [-0.15, -0.1) is 0 Å². The lowest BCUT2D eigenvalue weighted by atomic mass is 10.2. The molecule has 0 aliphatic heterocycles. The molecule has 9 heteroatoms. The van der Waals surface area contributed by atoms with Crippen molar-refractivity contribution in [1.29, 1.82) is 0 Å². The van der Waals surface area contributed by atoms with Gasteiger partial charge in [-0.3, -0.25) is 14.9 Å². The predicted molar refractivity (Wildman–Crippen MR) is 103 cm³/mol. The fourth-order valence-electron chi connectivity index (χ4n) is 2.56. The van der Waals surface area contributed by atoms with E-state index in [-0.39, 0.29) is 11.4 Å². The topological polar surface area (TPSA) is 114 Å². The molecule has 0 unspecified atom stereocenters. The average Bonchev–Trinajstić information content (AvgIpc) is 3.04. The number of aromatic nitrogens is 1. The zero-order valence-corrected chi connectivity index (χ0v) is 15.7. The number of nitro benzene ring substituents is 1. The second kappa shape index (κ2) is 7.58. The Hall–Kier alpha value is -3.20. The largest absolute Gasteiger partial charge is 0.452 e. The molecule has 0 fully saturated rings. The molecule has 1 aromatic heterocycles. The third-order valence-electron chi connectivity index (χ3n) is 3.82. The first kappa shape index (κ1) is 18.6. The van der Waals surface area contributed by atoms with E-state index in [9.17, 15) is 19.7 Å². The number of aromatic amines is 1. The van der Waals surface area contributed by atoms with Crippen LogP contribution in [0, 0.1) is 17.0 Å². The van der Waals surface area contributed by atoms with Gasteiger partial charge < -0.3 is 15.0 Å². The molecule has 3 aromatic rings. The lowest BCUT2D eigenvalue weighted by Crippen LogP contribution is -2.21. The van der Waals surface area contributed by atoms with Crippen molar-refractivity contribution < 1.29 is 19.2 Å². The molecule has 0 aliphatic rings. The van der Waals surface area contributed by atoms with Crippen molar-refractivity contribution in [3.63, 3.8) is 0 Å². The fourth-order valence-corrected chi connectivity index (χ4v) is 2.92. The fraction of sp³-hybridized carbons (Fsp3) is 0.111. The Kier molecular flexibility index (Phi) is 5.22. The van der Waals surface area contributed by atoms with E-state index in [0.29, 0.717) is 16.5 Å². The van der Waals surface area contributed by atoms with Crippen LogP contribution in [0.4, 0.5) is 11.4 Å². The summed E-state index contributed by atoms with van der Waals surface area (Å²) in [4.78, 5) is 37.8. The third-order valence-corrected chi connectivity index (χ3v) is 4.32. The second-order valence-electron chi connectivity index (χ2n) is 5.79. The normalized spacial score (nSPS) is 10.6. The summed E-state index contributed by atoms with van der Waals surface area (Å²) in [6.07, 6.45) is 1.50. The van der Waals surface area contributed by atoms with Crippen molar-refractivity contribution in [2.24, 2.45) is 0 Å². The number of halogens is 1. The van der Waals surface area contributed by atoms with E-state index in [4.69, 9.17) is 4.74 Å². The van der Waals surface area contributed by atoms with Gasteiger partial charge in [0, 0.05) is 27.6 Å². The predicted octanol–water partition coefficient (Wildman–Crippen LogP) is 3.94. The molecule has 0 saturated carbocycles. The first-order valence-corrected chi connectivity index (χ1v) is 8.63.